The van der Waals surface area contributed by atoms with Crippen LogP contribution in [0.4, 0.5) is 4.79 Å². The zero-order chi connectivity index (χ0) is 16.7. The number of rotatable bonds is 6. The average Bonchev–Trinajstić information content (AvgIpc) is 3.08. The minimum Gasteiger partial charge on any atom is -0.493 e. The van der Waals surface area contributed by atoms with Crippen molar-refractivity contribution in [2.75, 3.05) is 13.7 Å². The molecule has 6 heteroatoms. The van der Waals surface area contributed by atoms with Crippen LogP contribution in [0.2, 0.25) is 0 Å². The summed E-state index contributed by atoms with van der Waals surface area (Å²) in [5.74, 6) is 0.588. The molecule has 2 aromatic rings. The lowest BCUT2D eigenvalue weighted by molar-refractivity contribution is 0.105. The molecule has 0 saturated carbocycles. The van der Waals surface area contributed by atoms with Gasteiger partial charge in [-0.2, -0.15) is 0 Å². The van der Waals surface area contributed by atoms with E-state index in [9.17, 15) is 9.59 Å². The summed E-state index contributed by atoms with van der Waals surface area (Å²) in [4.78, 5) is 24.4. The third-order valence-electron chi connectivity index (χ3n) is 2.92. The van der Waals surface area contributed by atoms with Crippen molar-refractivity contribution < 1.29 is 19.1 Å². The Kier molecular flexibility index (Phi) is 5.94. The van der Waals surface area contributed by atoms with Crippen molar-refractivity contribution in [1.82, 2.24) is 5.32 Å². The number of thiophene rings is 1. The predicted octanol–water partition coefficient (Wildman–Crippen LogP) is 3.76. The zero-order valence-corrected chi connectivity index (χ0v) is 13.7. The number of methoxy groups -OCH3 is 1. The Morgan fingerprint density at radius 1 is 1.26 bits per heavy atom. The van der Waals surface area contributed by atoms with E-state index in [0.717, 1.165) is 0 Å². The smallest absolute Gasteiger partial charge is 0.412 e. The van der Waals surface area contributed by atoms with Crippen LogP contribution in [-0.4, -0.2) is 25.5 Å². The molecule has 0 aliphatic rings. The van der Waals surface area contributed by atoms with Gasteiger partial charge in [-0.15, -0.1) is 11.3 Å². The highest BCUT2D eigenvalue weighted by Gasteiger charge is 2.13. The third kappa shape index (κ3) is 4.43. The van der Waals surface area contributed by atoms with E-state index >= 15 is 0 Å². The molecular weight excluding hydrogens is 314 g/mol. The first-order valence-electron chi connectivity index (χ1n) is 7.04. The molecule has 1 N–H and O–H groups in total. The molecule has 5 nitrogen and oxygen atoms in total. The molecule has 0 aliphatic heterocycles. The fourth-order valence-corrected chi connectivity index (χ4v) is 2.52. The summed E-state index contributed by atoms with van der Waals surface area (Å²) in [6.07, 6.45) is 2.49. The molecule has 1 amide bonds. The van der Waals surface area contributed by atoms with Crippen molar-refractivity contribution in [3.8, 4) is 11.5 Å². The average molecular weight is 331 g/mol. The number of hydrogen-bond acceptors (Lipinski definition) is 5. The van der Waals surface area contributed by atoms with Crippen molar-refractivity contribution in [3.63, 3.8) is 0 Å². The molecule has 0 atom stereocenters. The van der Waals surface area contributed by atoms with E-state index < -0.39 is 6.09 Å². The van der Waals surface area contributed by atoms with Crippen LogP contribution >= 0.6 is 11.3 Å². The second-order valence-electron chi connectivity index (χ2n) is 4.47. The maximum absolute atomic E-state index is 12.0. The van der Waals surface area contributed by atoms with Gasteiger partial charge in [0.1, 0.15) is 0 Å². The number of hydrogen-bond donors (Lipinski definition) is 1. The van der Waals surface area contributed by atoms with Crippen LogP contribution in [-0.2, 0) is 0 Å². The van der Waals surface area contributed by atoms with Crippen LogP contribution in [0.3, 0.4) is 0 Å². The lowest BCUT2D eigenvalue weighted by Crippen LogP contribution is -2.26. The van der Waals surface area contributed by atoms with Crippen LogP contribution in [0.1, 0.15) is 22.2 Å². The summed E-state index contributed by atoms with van der Waals surface area (Å²) < 4.78 is 10.5. The molecule has 1 aromatic carbocycles. The second kappa shape index (κ2) is 8.14. The molecule has 0 fully saturated rings. The molecule has 0 bridgehead atoms. The Hall–Kier alpha value is -2.60. The third-order valence-corrected chi connectivity index (χ3v) is 3.81. The fourth-order valence-electron chi connectivity index (χ4n) is 1.87. The van der Waals surface area contributed by atoms with Crippen LogP contribution in [0.5, 0.6) is 11.5 Å². The minimum absolute atomic E-state index is 0.105. The van der Waals surface area contributed by atoms with E-state index in [1.54, 1.807) is 37.3 Å². The summed E-state index contributed by atoms with van der Waals surface area (Å²) in [5, 5.41) is 4.40. The summed E-state index contributed by atoms with van der Waals surface area (Å²) in [6, 6.07) is 8.77. The second-order valence-corrected chi connectivity index (χ2v) is 5.42. The predicted molar refractivity (Wildman–Crippen MR) is 90.4 cm³/mol. The van der Waals surface area contributed by atoms with Gasteiger partial charge in [0.15, 0.2) is 17.3 Å². The van der Waals surface area contributed by atoms with Crippen LogP contribution in [0.15, 0.2) is 41.8 Å². The van der Waals surface area contributed by atoms with E-state index in [1.165, 1.54) is 24.5 Å². The number of para-hydroxylation sites is 1. The normalized spacial score (nSPS) is 10.5. The molecule has 23 heavy (non-hydrogen) atoms. The highest BCUT2D eigenvalue weighted by molar-refractivity contribution is 7.12. The standard InChI is InChI=1S/C17H17NO4S/c1-3-18-17(20)22-16-12(6-4-7-14(16)21-2)9-10-13(19)15-8-5-11-23-15/h4-11H,3H2,1-2H3,(H,18,20)/b10-9+. The molecule has 0 spiro atoms. The van der Waals surface area contributed by atoms with E-state index in [4.69, 9.17) is 9.47 Å². The van der Waals surface area contributed by atoms with Gasteiger partial charge in [-0.3, -0.25) is 4.79 Å². The molecular formula is C17H17NO4S. The maximum Gasteiger partial charge on any atom is 0.412 e. The van der Waals surface area contributed by atoms with Crippen LogP contribution in [0, 0.1) is 0 Å². The molecule has 0 unspecified atom stereocenters. The monoisotopic (exact) mass is 331 g/mol. The van der Waals surface area contributed by atoms with Gasteiger partial charge >= 0.3 is 6.09 Å². The Morgan fingerprint density at radius 3 is 2.74 bits per heavy atom. The first kappa shape index (κ1) is 16.8. The first-order valence-corrected chi connectivity index (χ1v) is 7.92. The lowest BCUT2D eigenvalue weighted by Gasteiger charge is -2.12. The van der Waals surface area contributed by atoms with E-state index in [1.807, 2.05) is 11.4 Å². The van der Waals surface area contributed by atoms with Crippen molar-refractivity contribution in [1.29, 1.82) is 0 Å². The molecule has 0 radical (unpaired) electrons. The van der Waals surface area contributed by atoms with Crippen LogP contribution < -0.4 is 14.8 Å². The number of nitrogens with one attached hydrogen (secondary N) is 1. The summed E-state index contributed by atoms with van der Waals surface area (Å²) >= 11 is 1.37. The topological polar surface area (TPSA) is 64.6 Å². The molecule has 1 aromatic heterocycles. The number of ketones is 1. The number of carbonyl (C=O) groups excluding carboxylic acids is 2. The molecule has 0 saturated heterocycles. The SMILES string of the molecule is CCNC(=O)Oc1c(/C=C/C(=O)c2cccs2)cccc1OC. The fraction of sp³-hybridized carbons (Fsp3) is 0.176. The first-order chi connectivity index (χ1) is 11.2. The van der Waals surface area contributed by atoms with Gasteiger partial charge in [0.2, 0.25) is 0 Å². The van der Waals surface area contributed by atoms with Gasteiger partial charge < -0.3 is 14.8 Å². The highest BCUT2D eigenvalue weighted by Crippen LogP contribution is 2.32. The Morgan fingerprint density at radius 2 is 2.09 bits per heavy atom. The van der Waals surface area contributed by atoms with Gasteiger partial charge in [0.05, 0.1) is 12.0 Å². The lowest BCUT2D eigenvalue weighted by atomic mass is 10.1. The Labute approximate surface area is 138 Å². The van der Waals surface area contributed by atoms with Crippen molar-refractivity contribution in [3.05, 3.63) is 52.2 Å². The van der Waals surface area contributed by atoms with Crippen LogP contribution in [0.25, 0.3) is 6.08 Å². The maximum atomic E-state index is 12.0. The minimum atomic E-state index is -0.573. The van der Waals surface area contributed by atoms with Crippen molar-refractivity contribution >= 4 is 29.3 Å². The zero-order valence-electron chi connectivity index (χ0n) is 12.9. The van der Waals surface area contributed by atoms with Gasteiger partial charge in [-0.25, -0.2) is 4.79 Å². The number of carbonyl (C=O) groups is 2. The number of allylic oxidation sites excluding steroid dienone is 1. The molecule has 120 valence electrons. The number of ether oxygens (including phenoxy) is 2. The van der Waals surface area contributed by atoms with Gasteiger partial charge in [-0.05, 0) is 36.6 Å². The largest absolute Gasteiger partial charge is 0.493 e. The molecule has 0 aliphatic carbocycles. The van der Waals surface area contributed by atoms with Crippen molar-refractivity contribution in [2.24, 2.45) is 0 Å². The molecule has 2 rings (SSSR count). The van der Waals surface area contributed by atoms with Gasteiger partial charge in [-0.1, -0.05) is 18.2 Å². The number of amides is 1. The van der Waals surface area contributed by atoms with E-state index in [-0.39, 0.29) is 11.5 Å². The summed E-state index contributed by atoms with van der Waals surface area (Å²) in [6.45, 7) is 2.25. The quantitative estimate of drug-likeness (QED) is 0.646. The van der Waals surface area contributed by atoms with E-state index in [2.05, 4.69) is 5.32 Å². The molecule has 1 heterocycles. The Bertz CT molecular complexity index is 707. The van der Waals surface area contributed by atoms with Gasteiger partial charge in [0, 0.05) is 12.1 Å². The van der Waals surface area contributed by atoms with Crippen molar-refractivity contribution in [2.45, 2.75) is 6.92 Å². The number of benzene rings is 1. The van der Waals surface area contributed by atoms with E-state index in [0.29, 0.717) is 22.7 Å². The Balaban J connectivity index is 2.26. The summed E-state index contributed by atoms with van der Waals surface area (Å²) in [7, 11) is 1.49. The highest BCUT2D eigenvalue weighted by atomic mass is 32.1. The summed E-state index contributed by atoms with van der Waals surface area (Å²) in [5.41, 5.74) is 0.584. The van der Waals surface area contributed by atoms with Gasteiger partial charge in [0.25, 0.3) is 0 Å².